The van der Waals surface area contributed by atoms with Crippen molar-refractivity contribution in [1.82, 2.24) is 4.98 Å². The lowest BCUT2D eigenvalue weighted by Crippen LogP contribution is -2.14. The Balaban J connectivity index is 2.35. The van der Waals surface area contributed by atoms with E-state index < -0.39 is 0 Å². The molecule has 0 amide bonds. The van der Waals surface area contributed by atoms with Gasteiger partial charge in [0.25, 0.3) is 0 Å². The summed E-state index contributed by atoms with van der Waals surface area (Å²) < 4.78 is 0. The van der Waals surface area contributed by atoms with Crippen molar-refractivity contribution in [2.75, 3.05) is 11.2 Å². The fraction of sp³-hybridized carbons (Fsp3) is 0.700. The highest BCUT2D eigenvalue weighted by Gasteiger charge is 2.04. The Bertz CT molecular complexity index is 262. The zero-order valence-electron chi connectivity index (χ0n) is 8.72. The molecule has 0 spiro atoms. The SMILES string of the molecule is CCc1csc(NC(C)CCCCl)n1. The molecule has 1 aromatic rings. The number of aryl methyl sites for hydroxylation is 1. The summed E-state index contributed by atoms with van der Waals surface area (Å²) in [7, 11) is 0. The molecule has 1 unspecified atom stereocenters. The standard InChI is InChI=1S/C10H17ClN2S/c1-3-9-7-14-10(13-9)12-8(2)5-4-6-11/h7-8H,3-6H2,1-2H3,(H,12,13). The van der Waals surface area contributed by atoms with Crippen LogP contribution in [0.25, 0.3) is 0 Å². The molecule has 1 aromatic heterocycles. The van der Waals surface area contributed by atoms with Crippen molar-refractivity contribution in [2.24, 2.45) is 0 Å². The molecule has 0 saturated carbocycles. The van der Waals surface area contributed by atoms with Crippen molar-refractivity contribution < 1.29 is 0 Å². The van der Waals surface area contributed by atoms with Crippen molar-refractivity contribution in [3.8, 4) is 0 Å². The maximum absolute atomic E-state index is 5.63. The van der Waals surface area contributed by atoms with E-state index in [-0.39, 0.29) is 0 Å². The number of anilines is 1. The van der Waals surface area contributed by atoms with Crippen LogP contribution in [0.4, 0.5) is 5.13 Å². The minimum atomic E-state index is 0.463. The number of nitrogens with one attached hydrogen (secondary N) is 1. The van der Waals surface area contributed by atoms with Gasteiger partial charge < -0.3 is 5.32 Å². The first-order chi connectivity index (χ1) is 6.76. The molecular weight excluding hydrogens is 216 g/mol. The lowest BCUT2D eigenvalue weighted by Gasteiger charge is -2.11. The van der Waals surface area contributed by atoms with Gasteiger partial charge in [-0.15, -0.1) is 22.9 Å². The number of hydrogen-bond acceptors (Lipinski definition) is 3. The number of aromatic nitrogens is 1. The number of hydrogen-bond donors (Lipinski definition) is 1. The smallest absolute Gasteiger partial charge is 0.183 e. The van der Waals surface area contributed by atoms with E-state index in [0.29, 0.717) is 6.04 Å². The summed E-state index contributed by atoms with van der Waals surface area (Å²) in [6.07, 6.45) is 3.17. The topological polar surface area (TPSA) is 24.9 Å². The van der Waals surface area contributed by atoms with Gasteiger partial charge in [-0.1, -0.05) is 6.92 Å². The summed E-state index contributed by atoms with van der Waals surface area (Å²) in [5.41, 5.74) is 1.17. The average Bonchev–Trinajstić information content (AvgIpc) is 2.62. The predicted molar refractivity (Wildman–Crippen MR) is 64.5 cm³/mol. The monoisotopic (exact) mass is 232 g/mol. The molecule has 1 heterocycles. The number of alkyl halides is 1. The number of halogens is 1. The van der Waals surface area contributed by atoms with Gasteiger partial charge in [0.1, 0.15) is 0 Å². The maximum Gasteiger partial charge on any atom is 0.183 e. The van der Waals surface area contributed by atoms with E-state index in [1.54, 1.807) is 11.3 Å². The quantitative estimate of drug-likeness (QED) is 0.760. The Morgan fingerprint density at radius 2 is 2.43 bits per heavy atom. The third-order valence-electron chi connectivity index (χ3n) is 2.05. The van der Waals surface area contributed by atoms with Gasteiger partial charge in [-0.3, -0.25) is 0 Å². The lowest BCUT2D eigenvalue weighted by molar-refractivity contribution is 0.692. The maximum atomic E-state index is 5.63. The highest BCUT2D eigenvalue weighted by Crippen LogP contribution is 2.17. The van der Waals surface area contributed by atoms with Gasteiger partial charge in [0, 0.05) is 17.3 Å². The van der Waals surface area contributed by atoms with Crippen LogP contribution in [0.2, 0.25) is 0 Å². The Morgan fingerprint density at radius 1 is 1.64 bits per heavy atom. The van der Waals surface area contributed by atoms with Gasteiger partial charge >= 0.3 is 0 Å². The van der Waals surface area contributed by atoms with Crippen LogP contribution < -0.4 is 5.32 Å². The van der Waals surface area contributed by atoms with Crippen LogP contribution in [0.3, 0.4) is 0 Å². The molecule has 4 heteroatoms. The average molecular weight is 233 g/mol. The van der Waals surface area contributed by atoms with Gasteiger partial charge in [0.2, 0.25) is 0 Å². The molecule has 1 N–H and O–H groups in total. The summed E-state index contributed by atoms with van der Waals surface area (Å²) in [4.78, 5) is 4.45. The Labute approximate surface area is 94.7 Å². The summed E-state index contributed by atoms with van der Waals surface area (Å²) in [5, 5.41) is 6.52. The van der Waals surface area contributed by atoms with E-state index in [2.05, 4.69) is 29.5 Å². The largest absolute Gasteiger partial charge is 0.359 e. The predicted octanol–water partition coefficient (Wildman–Crippen LogP) is 3.52. The molecule has 80 valence electrons. The molecule has 1 rings (SSSR count). The van der Waals surface area contributed by atoms with Crippen LogP contribution in [-0.2, 0) is 6.42 Å². The Morgan fingerprint density at radius 3 is 3.00 bits per heavy atom. The highest BCUT2D eigenvalue weighted by molar-refractivity contribution is 7.13. The molecule has 0 aliphatic heterocycles. The molecule has 2 nitrogen and oxygen atoms in total. The van der Waals surface area contributed by atoms with Gasteiger partial charge in [-0.05, 0) is 26.2 Å². The molecular formula is C10H17ClN2S. The normalized spacial score (nSPS) is 12.8. The summed E-state index contributed by atoms with van der Waals surface area (Å²) in [6, 6.07) is 0.463. The van der Waals surface area contributed by atoms with Gasteiger partial charge in [0.15, 0.2) is 5.13 Å². The van der Waals surface area contributed by atoms with E-state index >= 15 is 0 Å². The van der Waals surface area contributed by atoms with Crippen LogP contribution in [0.1, 0.15) is 32.4 Å². The fourth-order valence-electron chi connectivity index (χ4n) is 1.20. The molecule has 14 heavy (non-hydrogen) atoms. The van der Waals surface area contributed by atoms with Crippen LogP contribution in [0, 0.1) is 0 Å². The van der Waals surface area contributed by atoms with Crippen molar-refractivity contribution in [3.05, 3.63) is 11.1 Å². The Kier molecular flexibility index (Phi) is 5.26. The highest BCUT2D eigenvalue weighted by atomic mass is 35.5. The van der Waals surface area contributed by atoms with Crippen LogP contribution >= 0.6 is 22.9 Å². The molecule has 0 fully saturated rings. The summed E-state index contributed by atoms with van der Waals surface area (Å²) in [5.74, 6) is 0.740. The van der Waals surface area contributed by atoms with E-state index in [0.717, 1.165) is 30.3 Å². The van der Waals surface area contributed by atoms with Gasteiger partial charge in [0.05, 0.1) is 5.69 Å². The molecule has 0 bridgehead atoms. The second kappa shape index (κ2) is 6.25. The first kappa shape index (κ1) is 11.8. The van der Waals surface area contributed by atoms with E-state index in [1.165, 1.54) is 5.69 Å². The van der Waals surface area contributed by atoms with E-state index in [4.69, 9.17) is 11.6 Å². The first-order valence-electron chi connectivity index (χ1n) is 5.03. The van der Waals surface area contributed by atoms with E-state index in [9.17, 15) is 0 Å². The fourth-order valence-corrected chi connectivity index (χ4v) is 2.26. The Hall–Kier alpha value is -0.280. The number of nitrogens with zero attached hydrogens (tertiary/aromatic N) is 1. The molecule has 0 aliphatic rings. The van der Waals surface area contributed by atoms with Crippen molar-refractivity contribution in [2.45, 2.75) is 39.2 Å². The third-order valence-corrected chi connectivity index (χ3v) is 3.14. The van der Waals surface area contributed by atoms with Crippen LogP contribution in [0.5, 0.6) is 0 Å². The van der Waals surface area contributed by atoms with Crippen molar-refractivity contribution >= 4 is 28.1 Å². The number of rotatable bonds is 6. The molecule has 0 radical (unpaired) electrons. The van der Waals surface area contributed by atoms with Crippen LogP contribution in [-0.4, -0.2) is 16.9 Å². The minimum absolute atomic E-state index is 0.463. The molecule has 1 atom stereocenters. The zero-order chi connectivity index (χ0) is 10.4. The third kappa shape index (κ3) is 3.84. The molecule has 0 aromatic carbocycles. The van der Waals surface area contributed by atoms with Crippen LogP contribution in [0.15, 0.2) is 5.38 Å². The second-order valence-corrected chi connectivity index (χ2v) is 4.61. The van der Waals surface area contributed by atoms with Crippen molar-refractivity contribution in [3.63, 3.8) is 0 Å². The van der Waals surface area contributed by atoms with Gasteiger partial charge in [-0.2, -0.15) is 0 Å². The summed E-state index contributed by atoms with van der Waals surface area (Å²) in [6.45, 7) is 4.29. The van der Waals surface area contributed by atoms with E-state index in [1.807, 2.05) is 0 Å². The lowest BCUT2D eigenvalue weighted by atomic mass is 10.2. The summed E-state index contributed by atoms with van der Waals surface area (Å²) >= 11 is 7.32. The van der Waals surface area contributed by atoms with Gasteiger partial charge in [-0.25, -0.2) is 4.98 Å². The van der Waals surface area contributed by atoms with Crippen molar-refractivity contribution in [1.29, 1.82) is 0 Å². The zero-order valence-corrected chi connectivity index (χ0v) is 10.3. The number of thiazole rings is 1. The second-order valence-electron chi connectivity index (χ2n) is 3.37. The molecule has 0 aliphatic carbocycles. The minimum Gasteiger partial charge on any atom is -0.359 e. The first-order valence-corrected chi connectivity index (χ1v) is 6.44. The molecule has 0 saturated heterocycles.